The van der Waals surface area contributed by atoms with Gasteiger partial charge in [-0.2, -0.15) is 11.3 Å². The van der Waals surface area contributed by atoms with Crippen LogP contribution in [0.4, 0.5) is 11.4 Å². The minimum absolute atomic E-state index is 0.0519. The Morgan fingerprint density at radius 1 is 1.18 bits per heavy atom. The van der Waals surface area contributed by atoms with Crippen molar-refractivity contribution in [3.05, 3.63) is 46.7 Å². The maximum absolute atomic E-state index is 10.9. The molecule has 0 saturated carbocycles. The smallest absolute Gasteiger partial charge is 0.221 e. The quantitative estimate of drug-likeness (QED) is 0.869. The van der Waals surface area contributed by atoms with Gasteiger partial charge in [0.1, 0.15) is 0 Å². The first-order valence-electron chi connectivity index (χ1n) is 5.36. The molecule has 0 aliphatic carbocycles. The molecule has 0 atom stereocenters. The Balaban J connectivity index is 1.91. The lowest BCUT2D eigenvalue weighted by Crippen LogP contribution is -2.05. The van der Waals surface area contributed by atoms with Crippen LogP contribution >= 0.6 is 11.3 Å². The van der Waals surface area contributed by atoms with Crippen LogP contribution < -0.4 is 10.6 Å². The molecule has 0 unspecified atom stereocenters. The van der Waals surface area contributed by atoms with E-state index < -0.39 is 0 Å². The number of benzene rings is 1. The van der Waals surface area contributed by atoms with Crippen LogP contribution in [0.5, 0.6) is 0 Å². The molecule has 1 heterocycles. The van der Waals surface area contributed by atoms with Gasteiger partial charge in [0.05, 0.1) is 0 Å². The molecular formula is C13H14N2OS. The van der Waals surface area contributed by atoms with Crippen LogP contribution in [0.1, 0.15) is 12.5 Å². The molecule has 2 rings (SSSR count). The molecule has 0 aliphatic heterocycles. The zero-order valence-corrected chi connectivity index (χ0v) is 10.4. The molecule has 0 bridgehead atoms. The lowest BCUT2D eigenvalue weighted by atomic mass is 10.2. The van der Waals surface area contributed by atoms with Gasteiger partial charge in [0.2, 0.25) is 5.91 Å². The second-order valence-electron chi connectivity index (χ2n) is 3.74. The van der Waals surface area contributed by atoms with Crippen LogP contribution in [-0.2, 0) is 11.3 Å². The van der Waals surface area contributed by atoms with Gasteiger partial charge >= 0.3 is 0 Å². The molecule has 4 heteroatoms. The van der Waals surface area contributed by atoms with Crippen molar-refractivity contribution in [1.82, 2.24) is 0 Å². The molecule has 0 spiro atoms. The summed E-state index contributed by atoms with van der Waals surface area (Å²) >= 11 is 1.70. The summed E-state index contributed by atoms with van der Waals surface area (Å²) in [6.45, 7) is 2.33. The number of carbonyl (C=O) groups excluding carboxylic acids is 1. The van der Waals surface area contributed by atoms with E-state index in [0.717, 1.165) is 17.9 Å². The van der Waals surface area contributed by atoms with Crippen molar-refractivity contribution in [3.63, 3.8) is 0 Å². The van der Waals surface area contributed by atoms with Crippen LogP contribution in [0, 0.1) is 0 Å². The van der Waals surface area contributed by atoms with Gasteiger partial charge in [-0.3, -0.25) is 4.79 Å². The third-order valence-corrected chi connectivity index (χ3v) is 3.01. The molecule has 88 valence electrons. The average Bonchev–Trinajstić information content (AvgIpc) is 2.80. The second-order valence-corrected chi connectivity index (χ2v) is 4.52. The molecule has 0 radical (unpaired) electrons. The summed E-state index contributed by atoms with van der Waals surface area (Å²) in [5.41, 5.74) is 3.14. The summed E-state index contributed by atoms with van der Waals surface area (Å²) in [6.07, 6.45) is 0. The van der Waals surface area contributed by atoms with E-state index >= 15 is 0 Å². The van der Waals surface area contributed by atoms with Crippen molar-refractivity contribution in [3.8, 4) is 0 Å². The first kappa shape index (κ1) is 11.7. The van der Waals surface area contributed by atoms with E-state index in [-0.39, 0.29) is 5.91 Å². The van der Waals surface area contributed by atoms with Gasteiger partial charge < -0.3 is 10.6 Å². The summed E-state index contributed by atoms with van der Waals surface area (Å²) in [4.78, 5) is 10.9. The Labute approximate surface area is 104 Å². The fourth-order valence-corrected chi connectivity index (χ4v) is 2.14. The molecule has 0 fully saturated rings. The Morgan fingerprint density at radius 3 is 2.47 bits per heavy atom. The summed E-state index contributed by atoms with van der Waals surface area (Å²) in [6, 6.07) is 9.79. The van der Waals surface area contributed by atoms with Crippen LogP contribution in [0.15, 0.2) is 41.1 Å². The van der Waals surface area contributed by atoms with Crippen molar-refractivity contribution >= 4 is 28.6 Å². The van der Waals surface area contributed by atoms with E-state index in [1.165, 1.54) is 12.5 Å². The second kappa shape index (κ2) is 5.50. The molecule has 2 N–H and O–H groups in total. The fraction of sp³-hybridized carbons (Fsp3) is 0.154. The molecular weight excluding hydrogens is 232 g/mol. The SMILES string of the molecule is CC(=O)Nc1ccc(NCc2ccsc2)cc1. The highest BCUT2D eigenvalue weighted by Gasteiger charge is 1.97. The number of hydrogen-bond donors (Lipinski definition) is 2. The van der Waals surface area contributed by atoms with Crippen molar-refractivity contribution in [2.75, 3.05) is 10.6 Å². The first-order chi connectivity index (χ1) is 8.24. The lowest BCUT2D eigenvalue weighted by molar-refractivity contribution is -0.114. The lowest BCUT2D eigenvalue weighted by Gasteiger charge is -2.06. The van der Waals surface area contributed by atoms with E-state index in [1.54, 1.807) is 11.3 Å². The van der Waals surface area contributed by atoms with Crippen molar-refractivity contribution in [1.29, 1.82) is 0 Å². The number of nitrogens with one attached hydrogen (secondary N) is 2. The van der Waals surface area contributed by atoms with Crippen LogP contribution in [0.25, 0.3) is 0 Å². The molecule has 0 aliphatic rings. The monoisotopic (exact) mass is 246 g/mol. The standard InChI is InChI=1S/C13H14N2OS/c1-10(16)15-13-4-2-12(3-5-13)14-8-11-6-7-17-9-11/h2-7,9,14H,8H2,1H3,(H,15,16). The summed E-state index contributed by atoms with van der Waals surface area (Å²) in [5.74, 6) is -0.0519. The van der Waals surface area contributed by atoms with E-state index in [2.05, 4.69) is 27.5 Å². The van der Waals surface area contributed by atoms with Gasteiger partial charge in [0.25, 0.3) is 0 Å². The Kier molecular flexibility index (Phi) is 3.77. The Morgan fingerprint density at radius 2 is 1.88 bits per heavy atom. The van der Waals surface area contributed by atoms with Gasteiger partial charge in [-0.15, -0.1) is 0 Å². The first-order valence-corrected chi connectivity index (χ1v) is 6.31. The molecule has 1 aromatic heterocycles. The molecule has 2 aromatic rings. The molecule has 17 heavy (non-hydrogen) atoms. The molecule has 1 amide bonds. The number of hydrogen-bond acceptors (Lipinski definition) is 3. The largest absolute Gasteiger partial charge is 0.381 e. The van der Waals surface area contributed by atoms with E-state index in [4.69, 9.17) is 0 Å². The Hall–Kier alpha value is -1.81. The summed E-state index contributed by atoms with van der Waals surface area (Å²) in [7, 11) is 0. The summed E-state index contributed by atoms with van der Waals surface area (Å²) in [5, 5.41) is 10.2. The highest BCUT2D eigenvalue weighted by Crippen LogP contribution is 2.15. The normalized spacial score (nSPS) is 9.94. The third-order valence-electron chi connectivity index (χ3n) is 2.28. The third kappa shape index (κ3) is 3.60. The number of thiophene rings is 1. The fourth-order valence-electron chi connectivity index (χ4n) is 1.47. The van der Waals surface area contributed by atoms with Crippen molar-refractivity contribution in [2.24, 2.45) is 0 Å². The van der Waals surface area contributed by atoms with Gasteiger partial charge in [-0.1, -0.05) is 0 Å². The maximum atomic E-state index is 10.9. The predicted molar refractivity (Wildman–Crippen MR) is 72.4 cm³/mol. The average molecular weight is 246 g/mol. The minimum Gasteiger partial charge on any atom is -0.381 e. The van der Waals surface area contributed by atoms with Crippen molar-refractivity contribution in [2.45, 2.75) is 13.5 Å². The highest BCUT2D eigenvalue weighted by atomic mass is 32.1. The van der Waals surface area contributed by atoms with Crippen molar-refractivity contribution < 1.29 is 4.79 Å². The van der Waals surface area contributed by atoms with E-state index in [9.17, 15) is 4.79 Å². The minimum atomic E-state index is -0.0519. The Bertz CT molecular complexity index is 477. The summed E-state index contributed by atoms with van der Waals surface area (Å²) < 4.78 is 0. The highest BCUT2D eigenvalue weighted by molar-refractivity contribution is 7.07. The van der Waals surface area contributed by atoms with Gasteiger partial charge in [-0.05, 0) is 46.7 Å². The van der Waals surface area contributed by atoms with E-state index in [1.807, 2.05) is 24.3 Å². The number of rotatable bonds is 4. The molecule has 0 saturated heterocycles. The number of amides is 1. The molecule has 3 nitrogen and oxygen atoms in total. The van der Waals surface area contributed by atoms with Crippen LogP contribution in [0.3, 0.4) is 0 Å². The number of anilines is 2. The topological polar surface area (TPSA) is 41.1 Å². The van der Waals surface area contributed by atoms with Gasteiger partial charge in [0.15, 0.2) is 0 Å². The zero-order chi connectivity index (χ0) is 12.1. The van der Waals surface area contributed by atoms with Gasteiger partial charge in [-0.25, -0.2) is 0 Å². The molecule has 1 aromatic carbocycles. The van der Waals surface area contributed by atoms with E-state index in [0.29, 0.717) is 0 Å². The van der Waals surface area contributed by atoms with Crippen LogP contribution in [0.2, 0.25) is 0 Å². The zero-order valence-electron chi connectivity index (χ0n) is 9.57. The van der Waals surface area contributed by atoms with Crippen LogP contribution in [-0.4, -0.2) is 5.91 Å². The number of carbonyl (C=O) groups is 1. The maximum Gasteiger partial charge on any atom is 0.221 e. The predicted octanol–water partition coefficient (Wildman–Crippen LogP) is 3.32. The van der Waals surface area contributed by atoms with Gasteiger partial charge in [0, 0.05) is 24.8 Å².